The van der Waals surface area contributed by atoms with Crippen LogP contribution >= 0.6 is 0 Å². The fourth-order valence-electron chi connectivity index (χ4n) is 4.55. The van der Waals surface area contributed by atoms with E-state index in [0.29, 0.717) is 23.1 Å². The number of hydrogen-bond donors (Lipinski definition) is 0. The van der Waals surface area contributed by atoms with Crippen LogP contribution in [0.2, 0.25) is 0 Å². The lowest BCUT2D eigenvalue weighted by Gasteiger charge is -2.12. The van der Waals surface area contributed by atoms with E-state index in [1.165, 1.54) is 61.5 Å². The lowest BCUT2D eigenvalue weighted by Crippen LogP contribution is -2.04. The summed E-state index contributed by atoms with van der Waals surface area (Å²) >= 11 is 0. The topological polar surface area (TPSA) is 0 Å². The van der Waals surface area contributed by atoms with Crippen LogP contribution in [0.3, 0.4) is 0 Å². The van der Waals surface area contributed by atoms with Gasteiger partial charge in [0.1, 0.15) is 0 Å². The minimum Gasteiger partial charge on any atom is -0.203 e. The SMILES string of the molecule is CCCCCc1ccc(CCc2ccc(-c3ccc(-c4ccc(C)c(F)c4F)cc3)c(F)c2F)c(F)c1F. The molecule has 198 valence electrons. The predicted molar refractivity (Wildman–Crippen MR) is 139 cm³/mol. The molecule has 0 unspecified atom stereocenters. The molecule has 0 radical (unpaired) electrons. The van der Waals surface area contributed by atoms with Crippen LogP contribution < -0.4 is 0 Å². The third-order valence-corrected chi connectivity index (χ3v) is 6.90. The molecular formula is C32H28F6. The highest BCUT2D eigenvalue weighted by atomic mass is 19.2. The van der Waals surface area contributed by atoms with E-state index in [-0.39, 0.29) is 40.7 Å². The molecule has 0 aromatic heterocycles. The van der Waals surface area contributed by atoms with Gasteiger partial charge in [0.25, 0.3) is 0 Å². The summed E-state index contributed by atoms with van der Waals surface area (Å²) < 4.78 is 87.2. The highest BCUT2D eigenvalue weighted by Gasteiger charge is 2.18. The van der Waals surface area contributed by atoms with Gasteiger partial charge < -0.3 is 0 Å². The molecule has 6 heteroatoms. The molecule has 0 N–H and O–H groups in total. The van der Waals surface area contributed by atoms with E-state index < -0.39 is 34.9 Å². The van der Waals surface area contributed by atoms with E-state index in [1.54, 1.807) is 6.07 Å². The summed E-state index contributed by atoms with van der Waals surface area (Å²) in [5, 5.41) is 0. The molecule has 0 bridgehead atoms. The van der Waals surface area contributed by atoms with Crippen molar-refractivity contribution in [2.75, 3.05) is 0 Å². The predicted octanol–water partition coefficient (Wildman–Crippen LogP) is 9.68. The van der Waals surface area contributed by atoms with E-state index in [4.69, 9.17) is 0 Å². The van der Waals surface area contributed by atoms with Crippen molar-refractivity contribution in [3.05, 3.63) is 118 Å². The van der Waals surface area contributed by atoms with Gasteiger partial charge in [-0.2, -0.15) is 0 Å². The van der Waals surface area contributed by atoms with E-state index >= 15 is 0 Å². The maximum absolute atomic E-state index is 15.0. The van der Waals surface area contributed by atoms with Crippen molar-refractivity contribution in [3.63, 3.8) is 0 Å². The first kappa shape index (κ1) is 27.5. The summed E-state index contributed by atoms with van der Waals surface area (Å²) in [5.74, 6) is -5.85. The molecule has 0 spiro atoms. The highest BCUT2D eigenvalue weighted by molar-refractivity contribution is 5.71. The Kier molecular flexibility index (Phi) is 8.60. The molecule has 0 aliphatic rings. The lowest BCUT2D eigenvalue weighted by atomic mass is 9.96. The van der Waals surface area contributed by atoms with Crippen molar-refractivity contribution in [2.45, 2.75) is 52.4 Å². The Labute approximate surface area is 219 Å². The number of benzene rings is 4. The second-order valence-corrected chi connectivity index (χ2v) is 9.50. The van der Waals surface area contributed by atoms with Crippen LogP contribution in [0.1, 0.15) is 48.4 Å². The van der Waals surface area contributed by atoms with Crippen LogP contribution in [0, 0.1) is 41.8 Å². The molecule has 0 nitrogen and oxygen atoms in total. The molecule has 38 heavy (non-hydrogen) atoms. The fourth-order valence-corrected chi connectivity index (χ4v) is 4.55. The van der Waals surface area contributed by atoms with Gasteiger partial charge in [-0.15, -0.1) is 0 Å². The Morgan fingerprint density at radius 3 is 1.39 bits per heavy atom. The van der Waals surface area contributed by atoms with Crippen LogP contribution in [-0.2, 0) is 19.3 Å². The summed E-state index contributed by atoms with van der Waals surface area (Å²) in [6.45, 7) is 3.49. The monoisotopic (exact) mass is 526 g/mol. The molecule has 0 saturated heterocycles. The number of unbranched alkanes of at least 4 members (excludes halogenated alkanes) is 2. The lowest BCUT2D eigenvalue weighted by molar-refractivity contribution is 0.484. The Hall–Kier alpha value is -3.54. The van der Waals surface area contributed by atoms with Gasteiger partial charge in [-0.05, 0) is 66.0 Å². The third-order valence-electron chi connectivity index (χ3n) is 6.90. The molecule has 4 rings (SSSR count). The Balaban J connectivity index is 1.50. The van der Waals surface area contributed by atoms with Crippen molar-refractivity contribution >= 4 is 0 Å². The molecule has 0 saturated carbocycles. The minimum atomic E-state index is -1.07. The Morgan fingerprint density at radius 1 is 0.447 bits per heavy atom. The maximum Gasteiger partial charge on any atom is 0.166 e. The van der Waals surface area contributed by atoms with Gasteiger partial charge in [0.15, 0.2) is 34.9 Å². The summed E-state index contributed by atoms with van der Waals surface area (Å²) in [5.41, 5.74) is 1.49. The minimum absolute atomic E-state index is 0.00187. The second kappa shape index (κ2) is 11.9. The number of aryl methyl sites for hydroxylation is 4. The van der Waals surface area contributed by atoms with Crippen molar-refractivity contribution in [1.82, 2.24) is 0 Å². The zero-order valence-electron chi connectivity index (χ0n) is 21.3. The molecular weight excluding hydrogens is 498 g/mol. The van der Waals surface area contributed by atoms with Crippen LogP contribution in [0.25, 0.3) is 22.3 Å². The quantitative estimate of drug-likeness (QED) is 0.150. The van der Waals surface area contributed by atoms with Gasteiger partial charge in [-0.3, -0.25) is 0 Å². The van der Waals surface area contributed by atoms with Crippen molar-refractivity contribution in [1.29, 1.82) is 0 Å². The summed E-state index contributed by atoms with van der Waals surface area (Å²) in [4.78, 5) is 0. The van der Waals surface area contributed by atoms with Crippen LogP contribution in [0.5, 0.6) is 0 Å². The van der Waals surface area contributed by atoms with E-state index in [9.17, 15) is 26.3 Å². The average molecular weight is 527 g/mol. The van der Waals surface area contributed by atoms with Crippen LogP contribution in [0.15, 0.2) is 60.7 Å². The van der Waals surface area contributed by atoms with Crippen molar-refractivity contribution in [3.8, 4) is 22.3 Å². The summed E-state index contributed by atoms with van der Waals surface area (Å²) in [6, 6.07) is 14.9. The first-order valence-electron chi connectivity index (χ1n) is 12.7. The third kappa shape index (κ3) is 5.64. The first-order chi connectivity index (χ1) is 18.2. The average Bonchev–Trinajstić information content (AvgIpc) is 2.92. The molecule has 0 amide bonds. The van der Waals surface area contributed by atoms with Gasteiger partial charge >= 0.3 is 0 Å². The molecule has 0 aliphatic carbocycles. The smallest absolute Gasteiger partial charge is 0.166 e. The standard InChI is InChI=1S/C32H28F6/c1-3-4-5-6-22-12-13-23(29(35)28(22)34)14-15-24-16-18-26(32(38)30(24)36)21-10-8-20(9-11-21)25-17-7-19(2)27(33)31(25)37/h7-13,16-18H,3-6,14-15H2,1-2H3. The molecule has 0 atom stereocenters. The van der Waals surface area contributed by atoms with Gasteiger partial charge in [0.2, 0.25) is 0 Å². The largest absolute Gasteiger partial charge is 0.203 e. The second-order valence-electron chi connectivity index (χ2n) is 9.50. The van der Waals surface area contributed by atoms with Crippen molar-refractivity contribution < 1.29 is 26.3 Å². The normalized spacial score (nSPS) is 11.3. The number of halogens is 6. The number of rotatable bonds is 9. The Morgan fingerprint density at radius 2 is 0.868 bits per heavy atom. The van der Waals surface area contributed by atoms with Crippen LogP contribution in [-0.4, -0.2) is 0 Å². The van der Waals surface area contributed by atoms with Crippen LogP contribution in [0.4, 0.5) is 26.3 Å². The molecule has 4 aromatic rings. The molecule has 0 heterocycles. The highest BCUT2D eigenvalue weighted by Crippen LogP contribution is 2.31. The van der Waals surface area contributed by atoms with Gasteiger partial charge in [0, 0.05) is 11.1 Å². The maximum atomic E-state index is 15.0. The van der Waals surface area contributed by atoms with E-state index in [2.05, 4.69) is 0 Å². The fraction of sp³-hybridized carbons (Fsp3) is 0.250. The van der Waals surface area contributed by atoms with Gasteiger partial charge in [-0.1, -0.05) is 80.4 Å². The number of hydrogen-bond acceptors (Lipinski definition) is 0. The van der Waals surface area contributed by atoms with E-state index in [1.807, 2.05) is 6.92 Å². The van der Waals surface area contributed by atoms with Crippen molar-refractivity contribution in [2.24, 2.45) is 0 Å². The zero-order chi connectivity index (χ0) is 27.4. The molecule has 0 aliphatic heterocycles. The Bertz CT molecular complexity index is 1440. The first-order valence-corrected chi connectivity index (χ1v) is 12.7. The zero-order valence-corrected chi connectivity index (χ0v) is 21.3. The summed E-state index contributed by atoms with van der Waals surface area (Å²) in [6.07, 6.45) is 3.14. The summed E-state index contributed by atoms with van der Waals surface area (Å²) in [7, 11) is 0. The molecule has 0 fully saturated rings. The van der Waals surface area contributed by atoms with Gasteiger partial charge in [-0.25, -0.2) is 26.3 Å². The van der Waals surface area contributed by atoms with E-state index in [0.717, 1.165) is 19.3 Å². The van der Waals surface area contributed by atoms with Gasteiger partial charge in [0.05, 0.1) is 0 Å². The molecule has 4 aromatic carbocycles.